The molecule has 42 heavy (non-hydrogen) atoms. The average Bonchev–Trinajstić information content (AvgIpc) is 3.81. The van der Waals surface area contributed by atoms with Crippen molar-refractivity contribution >= 4 is 40.1 Å². The average molecular weight is 579 g/mol. The maximum atomic E-state index is 15.0. The number of carbonyl (C=O) groups excluding carboxylic acids is 2. The van der Waals surface area contributed by atoms with Gasteiger partial charge in [-0.2, -0.15) is 0 Å². The van der Waals surface area contributed by atoms with Crippen molar-refractivity contribution in [3.63, 3.8) is 0 Å². The number of aromatic nitrogens is 2. The molecule has 1 aliphatic rings. The quantitative estimate of drug-likeness (QED) is 0.250. The number of amides is 2. The topological polar surface area (TPSA) is 131 Å². The Hall–Kier alpha value is -5.13. The molecule has 5 rings (SSSR count). The van der Waals surface area contributed by atoms with Crippen molar-refractivity contribution in [1.82, 2.24) is 9.97 Å². The molecule has 2 aromatic heterocycles. The molecule has 1 aliphatic carbocycles. The lowest BCUT2D eigenvalue weighted by Crippen LogP contribution is -2.41. The van der Waals surface area contributed by atoms with Crippen LogP contribution in [0.2, 0.25) is 0 Å². The van der Waals surface area contributed by atoms with Crippen LogP contribution in [-0.2, 0) is 9.59 Å². The molecule has 2 heterocycles. The summed E-state index contributed by atoms with van der Waals surface area (Å²) in [6.07, 6.45) is 3.19. The highest BCUT2D eigenvalue weighted by Gasteiger charge is 2.57. The summed E-state index contributed by atoms with van der Waals surface area (Å²) in [4.78, 5) is 47.2. The fourth-order valence-electron chi connectivity index (χ4n) is 4.26. The highest BCUT2D eigenvalue weighted by atomic mass is 19.1. The third kappa shape index (κ3) is 5.82. The van der Waals surface area contributed by atoms with Crippen molar-refractivity contribution in [1.29, 1.82) is 0 Å². The van der Waals surface area contributed by atoms with E-state index < -0.39 is 40.7 Å². The zero-order chi connectivity index (χ0) is 30.6. The van der Waals surface area contributed by atoms with Crippen molar-refractivity contribution in [2.24, 2.45) is 5.41 Å². The molecule has 0 atom stereocenters. The van der Waals surface area contributed by atoms with Gasteiger partial charge in [-0.1, -0.05) is 13.8 Å². The van der Waals surface area contributed by atoms with E-state index in [2.05, 4.69) is 15.3 Å². The number of benzene rings is 2. The molecule has 10 nitrogen and oxygen atoms in total. The highest BCUT2D eigenvalue weighted by molar-refractivity contribution is 6.17. The van der Waals surface area contributed by atoms with Gasteiger partial charge >= 0.3 is 5.97 Å². The summed E-state index contributed by atoms with van der Waals surface area (Å²) in [6, 6.07) is 10.5. The first-order valence-electron chi connectivity index (χ1n) is 13.0. The van der Waals surface area contributed by atoms with Crippen LogP contribution in [-0.4, -0.2) is 47.0 Å². The molecule has 1 fully saturated rings. The monoisotopic (exact) mass is 578 g/mol. The highest BCUT2D eigenvalue weighted by Crippen LogP contribution is 2.48. The summed E-state index contributed by atoms with van der Waals surface area (Å²) >= 11 is 0. The fourth-order valence-corrected chi connectivity index (χ4v) is 4.26. The van der Waals surface area contributed by atoms with Gasteiger partial charge in [0.05, 0.1) is 24.5 Å². The number of aromatic carboxylic acids is 1. The number of hydrogen-bond acceptors (Lipinski definition) is 7. The number of nitrogens with zero attached hydrogens (tertiary/aromatic N) is 3. The number of nitrogens with one attached hydrogen (secondary N) is 1. The second-order valence-electron chi connectivity index (χ2n) is 9.17. The predicted octanol–water partition coefficient (Wildman–Crippen LogP) is 5.82. The molecule has 2 amide bonds. The van der Waals surface area contributed by atoms with Gasteiger partial charge in [0, 0.05) is 36.5 Å². The van der Waals surface area contributed by atoms with Crippen LogP contribution < -0.4 is 19.7 Å². The zero-order valence-electron chi connectivity index (χ0n) is 23.3. The molecule has 218 valence electrons. The van der Waals surface area contributed by atoms with Gasteiger partial charge < -0.3 is 24.8 Å². The lowest BCUT2D eigenvalue weighted by atomic mass is 10.0. The molecule has 2 N–H and O–H groups in total. The van der Waals surface area contributed by atoms with E-state index in [1.165, 1.54) is 73.9 Å². The Morgan fingerprint density at radius 1 is 1.00 bits per heavy atom. The number of hydrogen-bond donors (Lipinski definition) is 2. The Morgan fingerprint density at radius 3 is 2.29 bits per heavy atom. The van der Waals surface area contributed by atoms with E-state index in [9.17, 15) is 28.3 Å². The number of methoxy groups -OCH3 is 1. The molecule has 1 saturated carbocycles. The summed E-state index contributed by atoms with van der Waals surface area (Å²) in [6.45, 7) is 4.00. The van der Waals surface area contributed by atoms with E-state index in [4.69, 9.17) is 9.47 Å². The van der Waals surface area contributed by atoms with Crippen molar-refractivity contribution in [2.45, 2.75) is 26.7 Å². The van der Waals surface area contributed by atoms with Crippen LogP contribution in [0.5, 0.6) is 17.4 Å². The zero-order valence-corrected chi connectivity index (χ0v) is 23.3. The Morgan fingerprint density at radius 2 is 1.69 bits per heavy atom. The number of anilines is 2. The minimum atomic E-state index is -1.33. The molecule has 0 unspecified atom stereocenters. The lowest BCUT2D eigenvalue weighted by Gasteiger charge is -2.23. The van der Waals surface area contributed by atoms with E-state index in [0.717, 1.165) is 6.07 Å². The van der Waals surface area contributed by atoms with Crippen molar-refractivity contribution in [3.05, 3.63) is 78.1 Å². The molecule has 2 aromatic carbocycles. The molecule has 0 radical (unpaired) electrons. The number of fused-ring (bicyclic) bond motifs is 1. The van der Waals surface area contributed by atoms with Gasteiger partial charge in [-0.25, -0.2) is 18.6 Å². The van der Waals surface area contributed by atoms with Crippen molar-refractivity contribution in [3.8, 4) is 17.4 Å². The molecular weight excluding hydrogens is 550 g/mol. The number of carboxylic acid groups (broad SMARTS) is 1. The van der Waals surface area contributed by atoms with Crippen LogP contribution in [0.15, 0.2) is 60.9 Å². The first kappa shape index (κ1) is 29.8. The number of pyridine rings is 2. The summed E-state index contributed by atoms with van der Waals surface area (Å²) in [5.41, 5.74) is -0.664. The van der Waals surface area contributed by atoms with Crippen LogP contribution in [0.3, 0.4) is 0 Å². The normalized spacial score (nSPS) is 12.9. The molecule has 0 saturated heterocycles. The molecule has 0 aliphatic heterocycles. The van der Waals surface area contributed by atoms with E-state index >= 15 is 0 Å². The van der Waals surface area contributed by atoms with Gasteiger partial charge in [-0.05, 0) is 49.2 Å². The number of ether oxygens (including phenoxy) is 2. The first-order valence-corrected chi connectivity index (χ1v) is 13.0. The van der Waals surface area contributed by atoms with E-state index in [0.29, 0.717) is 29.4 Å². The minimum absolute atomic E-state index is 0.0100. The summed E-state index contributed by atoms with van der Waals surface area (Å²) in [7, 11) is 2.83. The molecule has 4 aromatic rings. The first-order chi connectivity index (χ1) is 20.1. The van der Waals surface area contributed by atoms with Gasteiger partial charge in [0.15, 0.2) is 5.82 Å². The molecular formula is C30H28F2N4O6. The molecule has 12 heteroatoms. The smallest absolute Gasteiger partial charge is 0.339 e. The van der Waals surface area contributed by atoms with Gasteiger partial charge in [0.2, 0.25) is 11.8 Å². The van der Waals surface area contributed by atoms with E-state index in [1.54, 1.807) is 0 Å². The van der Waals surface area contributed by atoms with E-state index in [1.807, 2.05) is 13.8 Å². The Kier molecular flexibility index (Phi) is 8.65. The summed E-state index contributed by atoms with van der Waals surface area (Å²) < 4.78 is 39.0. The Bertz CT molecular complexity index is 1660. The largest absolute Gasteiger partial charge is 0.496 e. The number of carboxylic acids is 1. The van der Waals surface area contributed by atoms with Crippen molar-refractivity contribution in [2.75, 3.05) is 24.4 Å². The number of rotatable bonds is 8. The predicted molar refractivity (Wildman–Crippen MR) is 151 cm³/mol. The lowest BCUT2D eigenvalue weighted by molar-refractivity contribution is -0.132. The molecule has 0 bridgehead atoms. The molecule has 0 spiro atoms. The van der Waals surface area contributed by atoms with Crippen LogP contribution in [0.1, 0.15) is 37.0 Å². The van der Waals surface area contributed by atoms with E-state index in [-0.39, 0.29) is 22.7 Å². The van der Waals surface area contributed by atoms with Gasteiger partial charge in [0.25, 0.3) is 5.88 Å². The minimum Gasteiger partial charge on any atom is -0.496 e. The second-order valence-corrected chi connectivity index (χ2v) is 9.17. The Labute approximate surface area is 239 Å². The van der Waals surface area contributed by atoms with Gasteiger partial charge in [0.1, 0.15) is 28.3 Å². The van der Waals surface area contributed by atoms with Crippen LogP contribution in [0, 0.1) is 17.0 Å². The number of halogens is 2. The van der Waals surface area contributed by atoms with Gasteiger partial charge in [-0.15, -0.1) is 0 Å². The standard InChI is InChI=1S/C28H22F2N4O6.C2H6/c1-34(17-5-3-15(29)4-6-17)27(38)28(8-9-28)26(37)33-16-11-20(30)24(32-14-16)40-22-7-10-31-21-13-23(39-2)19(25(35)36)12-18(21)22;1-2/h3-7,10-14H,8-9H2,1-2H3,(H,33,37)(H,35,36);1-2H3. The summed E-state index contributed by atoms with van der Waals surface area (Å²) in [5, 5.41) is 12.3. The summed E-state index contributed by atoms with van der Waals surface area (Å²) in [5.74, 6) is -3.89. The van der Waals surface area contributed by atoms with Gasteiger partial charge in [-0.3, -0.25) is 14.6 Å². The van der Waals surface area contributed by atoms with Crippen LogP contribution in [0.25, 0.3) is 10.9 Å². The van der Waals surface area contributed by atoms with Crippen LogP contribution in [0.4, 0.5) is 20.2 Å². The third-order valence-electron chi connectivity index (χ3n) is 6.64. The second kappa shape index (κ2) is 12.2. The van der Waals surface area contributed by atoms with Crippen LogP contribution >= 0.6 is 0 Å². The fraction of sp³-hybridized carbons (Fsp3) is 0.233. The third-order valence-corrected chi connectivity index (χ3v) is 6.64. The number of carbonyl (C=O) groups is 3. The SMILES string of the molecule is CC.COc1cc2nccc(Oc3ncc(NC(=O)C4(C(=O)N(C)c5ccc(F)cc5)CC4)cc3F)c2cc1C(=O)O. The van der Waals surface area contributed by atoms with Crippen molar-refractivity contribution < 1.29 is 37.7 Å². The maximum absolute atomic E-state index is 15.0. The maximum Gasteiger partial charge on any atom is 0.339 e. The Balaban J connectivity index is 0.00000198.